The Kier molecular flexibility index (Phi) is 5.45. The molecule has 3 aromatic heterocycles. The smallest absolute Gasteiger partial charge is 0.332 e. The normalized spacial score (nSPS) is 11.6. The summed E-state index contributed by atoms with van der Waals surface area (Å²) in [5.74, 6) is 0.577. The number of rotatable bonds is 6. The summed E-state index contributed by atoms with van der Waals surface area (Å²) in [7, 11) is 1.65. The molecule has 2 aromatic carbocycles. The van der Waals surface area contributed by atoms with E-state index >= 15 is 0 Å². The van der Waals surface area contributed by atoms with Crippen LogP contribution in [0.15, 0.2) is 64.3 Å². The van der Waals surface area contributed by atoms with Gasteiger partial charge in [0.2, 0.25) is 5.78 Å². The van der Waals surface area contributed by atoms with Crippen molar-refractivity contribution in [2.24, 2.45) is 7.05 Å². The molecule has 0 saturated heterocycles. The number of nitrogens with zero attached hydrogens (tertiary/aromatic N) is 5. The first kappa shape index (κ1) is 21.9. The van der Waals surface area contributed by atoms with Crippen LogP contribution in [-0.4, -0.2) is 36.3 Å². The van der Waals surface area contributed by atoms with Crippen molar-refractivity contribution in [3.63, 3.8) is 0 Å². The minimum atomic E-state index is -0.404. The number of imidazole rings is 2. The topological polar surface area (TPSA) is 75.5 Å². The van der Waals surface area contributed by atoms with Crippen molar-refractivity contribution < 1.29 is 4.74 Å². The van der Waals surface area contributed by atoms with Gasteiger partial charge < -0.3 is 4.74 Å². The van der Waals surface area contributed by atoms with E-state index in [0.717, 1.165) is 28.1 Å². The van der Waals surface area contributed by atoms with Gasteiger partial charge in [-0.15, -0.1) is 0 Å². The molecule has 3 heterocycles. The lowest BCUT2D eigenvalue weighted by Gasteiger charge is -2.11. The lowest BCUT2D eigenvalue weighted by atomic mass is 10.1. The fourth-order valence-electron chi connectivity index (χ4n) is 4.54. The predicted molar refractivity (Wildman–Crippen MR) is 133 cm³/mol. The molecule has 0 aliphatic heterocycles. The summed E-state index contributed by atoms with van der Waals surface area (Å²) in [6, 6.07) is 16.3. The molecule has 0 atom stereocenters. The second-order valence-electron chi connectivity index (χ2n) is 8.51. The molecule has 5 aromatic rings. The Hall–Kier alpha value is -3.91. The molecule has 0 spiro atoms. The fourth-order valence-corrected chi connectivity index (χ4v) is 4.54. The summed E-state index contributed by atoms with van der Waals surface area (Å²) in [5.41, 5.74) is 5.06. The van der Waals surface area contributed by atoms with Gasteiger partial charge in [-0.05, 0) is 44.0 Å². The summed E-state index contributed by atoms with van der Waals surface area (Å²) in [4.78, 5) is 31.2. The summed E-state index contributed by atoms with van der Waals surface area (Å²) < 4.78 is 11.9. The van der Waals surface area contributed by atoms with E-state index in [9.17, 15) is 9.59 Å². The van der Waals surface area contributed by atoms with Gasteiger partial charge in [0.25, 0.3) is 5.56 Å². The number of aryl methyl sites for hydroxylation is 3. The van der Waals surface area contributed by atoms with Crippen molar-refractivity contribution in [2.75, 3.05) is 13.2 Å². The second kappa shape index (κ2) is 8.46. The minimum absolute atomic E-state index is 0.186. The molecule has 0 saturated carbocycles. The molecule has 5 rings (SSSR count). The SMILES string of the molecule is CCOCCn1c(=O)c2c(nc3n(-c4cc(C)cc(C)c4)c(-c4ccccc4)cn23)n(C)c1=O. The Morgan fingerprint density at radius 1 is 1.00 bits per heavy atom. The van der Waals surface area contributed by atoms with Gasteiger partial charge in [-0.2, -0.15) is 4.98 Å². The molecule has 0 N–H and O–H groups in total. The highest BCUT2D eigenvalue weighted by Crippen LogP contribution is 2.29. The van der Waals surface area contributed by atoms with Gasteiger partial charge in [0.15, 0.2) is 11.2 Å². The molecule has 0 aliphatic carbocycles. The molecular formula is C26H27N5O3. The lowest BCUT2D eigenvalue weighted by molar-refractivity contribution is 0.137. The Bertz CT molecular complexity index is 1620. The van der Waals surface area contributed by atoms with Crippen molar-refractivity contribution in [3.8, 4) is 16.9 Å². The van der Waals surface area contributed by atoms with E-state index in [2.05, 4.69) is 32.0 Å². The highest BCUT2D eigenvalue weighted by atomic mass is 16.5. The van der Waals surface area contributed by atoms with Gasteiger partial charge in [0.1, 0.15) is 0 Å². The van der Waals surface area contributed by atoms with Crippen LogP contribution in [0.4, 0.5) is 0 Å². The first-order valence-corrected chi connectivity index (χ1v) is 11.4. The zero-order valence-electron chi connectivity index (χ0n) is 19.8. The van der Waals surface area contributed by atoms with Crippen molar-refractivity contribution in [1.82, 2.24) is 23.1 Å². The van der Waals surface area contributed by atoms with E-state index in [1.807, 2.05) is 48.0 Å². The van der Waals surface area contributed by atoms with Crippen molar-refractivity contribution in [1.29, 1.82) is 0 Å². The third-order valence-corrected chi connectivity index (χ3v) is 6.05. The van der Waals surface area contributed by atoms with Gasteiger partial charge in [0.05, 0.1) is 18.8 Å². The fraction of sp³-hybridized carbons (Fsp3) is 0.269. The average molecular weight is 458 g/mol. The molecule has 0 bridgehead atoms. The predicted octanol–water partition coefficient (Wildman–Crippen LogP) is 3.46. The Morgan fingerprint density at radius 2 is 1.71 bits per heavy atom. The Balaban J connectivity index is 1.88. The first-order valence-electron chi connectivity index (χ1n) is 11.4. The van der Waals surface area contributed by atoms with Crippen LogP contribution in [0.3, 0.4) is 0 Å². The second-order valence-corrected chi connectivity index (χ2v) is 8.51. The third-order valence-electron chi connectivity index (χ3n) is 6.05. The summed E-state index contributed by atoms with van der Waals surface area (Å²) >= 11 is 0. The van der Waals surface area contributed by atoms with Gasteiger partial charge in [0, 0.05) is 31.1 Å². The van der Waals surface area contributed by atoms with Crippen LogP contribution in [0.25, 0.3) is 33.9 Å². The maximum absolute atomic E-state index is 13.5. The zero-order chi connectivity index (χ0) is 24.0. The highest BCUT2D eigenvalue weighted by Gasteiger charge is 2.22. The maximum Gasteiger partial charge on any atom is 0.332 e. The van der Waals surface area contributed by atoms with Crippen LogP contribution in [0.1, 0.15) is 18.1 Å². The van der Waals surface area contributed by atoms with Crippen LogP contribution in [0, 0.1) is 13.8 Å². The molecule has 0 aliphatic rings. The van der Waals surface area contributed by atoms with Gasteiger partial charge in [-0.1, -0.05) is 36.4 Å². The molecule has 0 unspecified atom stereocenters. The third kappa shape index (κ3) is 3.47. The standard InChI is InChI=1S/C26H27N5O3/c1-5-34-12-11-29-24(32)22-23(28(4)26(29)33)27-25-30(22)16-21(19-9-7-6-8-10-19)31(25)20-14-17(2)13-18(3)15-20/h6-10,13-16H,5,11-12H2,1-4H3. The van der Waals surface area contributed by atoms with Crippen LogP contribution in [0.2, 0.25) is 0 Å². The first-order chi connectivity index (χ1) is 16.4. The Morgan fingerprint density at radius 3 is 2.38 bits per heavy atom. The molecular weight excluding hydrogens is 430 g/mol. The maximum atomic E-state index is 13.5. The quantitative estimate of drug-likeness (QED) is 0.366. The largest absolute Gasteiger partial charge is 0.380 e. The zero-order valence-corrected chi connectivity index (χ0v) is 19.8. The van der Waals surface area contributed by atoms with Crippen LogP contribution < -0.4 is 11.2 Å². The van der Waals surface area contributed by atoms with E-state index in [-0.39, 0.29) is 18.7 Å². The molecule has 8 nitrogen and oxygen atoms in total. The molecule has 0 amide bonds. The minimum Gasteiger partial charge on any atom is -0.380 e. The number of hydrogen-bond acceptors (Lipinski definition) is 4. The molecule has 174 valence electrons. The van der Waals surface area contributed by atoms with Crippen LogP contribution >= 0.6 is 0 Å². The average Bonchev–Trinajstić information content (AvgIpc) is 3.36. The van der Waals surface area contributed by atoms with E-state index < -0.39 is 5.69 Å². The molecule has 0 fully saturated rings. The number of hydrogen-bond donors (Lipinski definition) is 0. The van der Waals surface area contributed by atoms with Crippen molar-refractivity contribution >= 4 is 16.9 Å². The highest BCUT2D eigenvalue weighted by molar-refractivity contribution is 5.79. The molecule has 34 heavy (non-hydrogen) atoms. The van der Waals surface area contributed by atoms with Gasteiger partial charge >= 0.3 is 5.69 Å². The number of fused-ring (bicyclic) bond motifs is 3. The summed E-state index contributed by atoms with van der Waals surface area (Å²) in [6.07, 6.45) is 1.93. The summed E-state index contributed by atoms with van der Waals surface area (Å²) in [5, 5.41) is 0. The van der Waals surface area contributed by atoms with Gasteiger partial charge in [-0.3, -0.25) is 22.9 Å². The summed E-state index contributed by atoms with van der Waals surface area (Å²) in [6.45, 7) is 6.99. The van der Waals surface area contributed by atoms with E-state index in [1.165, 1.54) is 9.13 Å². The van der Waals surface area contributed by atoms with E-state index in [0.29, 0.717) is 23.5 Å². The van der Waals surface area contributed by atoms with Crippen molar-refractivity contribution in [2.45, 2.75) is 27.3 Å². The van der Waals surface area contributed by atoms with Gasteiger partial charge in [-0.25, -0.2) is 4.79 Å². The van der Waals surface area contributed by atoms with E-state index in [4.69, 9.17) is 9.72 Å². The van der Waals surface area contributed by atoms with Crippen LogP contribution in [0.5, 0.6) is 0 Å². The van der Waals surface area contributed by atoms with Crippen molar-refractivity contribution in [3.05, 3.63) is 86.7 Å². The number of benzene rings is 2. The lowest BCUT2D eigenvalue weighted by Crippen LogP contribution is -2.40. The Labute approximate surface area is 196 Å². The van der Waals surface area contributed by atoms with E-state index in [1.54, 1.807) is 11.4 Å². The van der Waals surface area contributed by atoms with Crippen LogP contribution in [-0.2, 0) is 18.3 Å². The number of aromatic nitrogens is 5. The number of ether oxygens (including phenoxy) is 1. The molecule has 8 heteroatoms. The molecule has 0 radical (unpaired) electrons. The monoisotopic (exact) mass is 457 g/mol.